The van der Waals surface area contributed by atoms with Crippen LogP contribution in [0.5, 0.6) is 0 Å². The van der Waals surface area contributed by atoms with Gasteiger partial charge in [0.05, 0.1) is 16.7 Å². The van der Waals surface area contributed by atoms with Crippen molar-refractivity contribution in [3.63, 3.8) is 0 Å². The molecule has 2 heterocycles. The molecule has 0 amide bonds. The van der Waals surface area contributed by atoms with Crippen LogP contribution in [0.15, 0.2) is 78.1 Å². The van der Waals surface area contributed by atoms with Gasteiger partial charge >= 0.3 is 0 Å². The number of aromatic nitrogens is 2. The van der Waals surface area contributed by atoms with E-state index in [-0.39, 0.29) is 17.9 Å². The Balaban J connectivity index is 1.64. The van der Waals surface area contributed by atoms with E-state index in [2.05, 4.69) is 35.4 Å². The third-order valence-corrected chi connectivity index (χ3v) is 7.30. The van der Waals surface area contributed by atoms with Gasteiger partial charge in [0.25, 0.3) is 0 Å². The van der Waals surface area contributed by atoms with E-state index in [1.807, 2.05) is 35.1 Å². The maximum absolute atomic E-state index is 13.9. The number of benzene rings is 3. The molecule has 1 unspecified atom stereocenters. The molecular weight excluding hydrogens is 515 g/mol. The van der Waals surface area contributed by atoms with E-state index in [0.29, 0.717) is 11.4 Å². The Morgan fingerprint density at radius 2 is 1.95 bits per heavy atom. The molecule has 0 radical (unpaired) electrons. The SMILES string of the molecule is CCC(=C(c1ccc(C=CC(N)=NO)cc1)c1ccc2c(cnn2C2CCCCO2)c1)c1ccc(F)cc1Cl. The molecule has 3 N–H and O–H groups in total. The van der Waals surface area contributed by atoms with Crippen molar-refractivity contribution in [2.75, 3.05) is 6.61 Å². The lowest BCUT2D eigenvalue weighted by molar-refractivity contribution is -0.0366. The Morgan fingerprint density at radius 1 is 1.15 bits per heavy atom. The molecule has 1 aliphatic rings. The average molecular weight is 545 g/mol. The van der Waals surface area contributed by atoms with E-state index in [0.717, 1.165) is 70.2 Å². The number of fused-ring (bicyclic) bond motifs is 1. The van der Waals surface area contributed by atoms with Gasteiger partial charge in [0.15, 0.2) is 12.1 Å². The second-order valence-corrected chi connectivity index (χ2v) is 9.90. The first-order valence-corrected chi connectivity index (χ1v) is 13.4. The summed E-state index contributed by atoms with van der Waals surface area (Å²) in [7, 11) is 0. The van der Waals surface area contributed by atoms with Crippen LogP contribution >= 0.6 is 11.6 Å². The van der Waals surface area contributed by atoms with Crippen molar-refractivity contribution in [3.05, 3.63) is 106 Å². The molecule has 5 rings (SSSR count). The molecule has 1 fully saturated rings. The first kappa shape index (κ1) is 26.7. The van der Waals surface area contributed by atoms with Crippen LogP contribution in [0.2, 0.25) is 5.02 Å². The molecule has 39 heavy (non-hydrogen) atoms. The highest BCUT2D eigenvalue weighted by molar-refractivity contribution is 6.32. The number of hydrogen-bond donors (Lipinski definition) is 2. The average Bonchev–Trinajstić information content (AvgIpc) is 3.39. The van der Waals surface area contributed by atoms with Gasteiger partial charge in [-0.25, -0.2) is 9.07 Å². The summed E-state index contributed by atoms with van der Waals surface area (Å²) >= 11 is 6.56. The topological polar surface area (TPSA) is 85.7 Å². The quantitative estimate of drug-likeness (QED) is 0.0822. The number of allylic oxidation sites excluding steroid dienone is 1. The van der Waals surface area contributed by atoms with Crippen LogP contribution in [0.3, 0.4) is 0 Å². The lowest BCUT2D eigenvalue weighted by atomic mass is 9.87. The van der Waals surface area contributed by atoms with Crippen molar-refractivity contribution < 1.29 is 14.3 Å². The number of nitrogens with two attached hydrogens (primary N) is 1. The first-order chi connectivity index (χ1) is 19.0. The minimum atomic E-state index is -0.374. The van der Waals surface area contributed by atoms with Crippen molar-refractivity contribution in [1.82, 2.24) is 9.78 Å². The molecule has 8 heteroatoms. The highest BCUT2D eigenvalue weighted by Crippen LogP contribution is 2.39. The Kier molecular flexibility index (Phi) is 8.10. The van der Waals surface area contributed by atoms with Crippen LogP contribution in [0.1, 0.15) is 61.1 Å². The molecule has 1 saturated heterocycles. The molecule has 200 valence electrons. The zero-order valence-corrected chi connectivity index (χ0v) is 22.4. The molecule has 1 aliphatic heterocycles. The minimum Gasteiger partial charge on any atom is -0.409 e. The Morgan fingerprint density at radius 3 is 2.64 bits per heavy atom. The summed E-state index contributed by atoms with van der Waals surface area (Å²) in [4.78, 5) is 0. The molecule has 0 bridgehead atoms. The van der Waals surface area contributed by atoms with E-state index < -0.39 is 0 Å². The number of halogens is 2. The van der Waals surface area contributed by atoms with Crippen molar-refractivity contribution in [1.29, 1.82) is 0 Å². The van der Waals surface area contributed by atoms with Gasteiger partial charge in [-0.05, 0) is 89.4 Å². The van der Waals surface area contributed by atoms with Gasteiger partial charge in [-0.2, -0.15) is 5.10 Å². The number of amidine groups is 1. The third-order valence-electron chi connectivity index (χ3n) is 6.99. The van der Waals surface area contributed by atoms with E-state index >= 15 is 0 Å². The van der Waals surface area contributed by atoms with Gasteiger partial charge in [-0.1, -0.05) is 66.2 Å². The fraction of sp³-hybridized carbons (Fsp3) is 0.226. The van der Waals surface area contributed by atoms with E-state index in [4.69, 9.17) is 27.3 Å². The van der Waals surface area contributed by atoms with Crippen molar-refractivity contribution >= 4 is 45.6 Å². The molecular formula is C31H30ClFN4O2. The monoisotopic (exact) mass is 544 g/mol. The summed E-state index contributed by atoms with van der Waals surface area (Å²) in [5.74, 6) is -0.354. The highest BCUT2D eigenvalue weighted by Gasteiger charge is 2.20. The largest absolute Gasteiger partial charge is 0.409 e. The standard InChI is InChI=1S/C31H30ClFN4O2/c1-2-25(26-13-12-24(33)18-27(26)32)31(21-9-6-20(7-10-21)8-15-29(34)36-38)22-11-14-28-23(17-22)19-35-37(28)30-5-3-4-16-39-30/h6-15,17-19,30,38H,2-5,16H2,1H3,(H2,34,36). The van der Waals surface area contributed by atoms with E-state index in [1.165, 1.54) is 18.2 Å². The minimum absolute atomic E-state index is 0.0198. The Labute approximate surface area is 231 Å². The molecule has 0 saturated carbocycles. The van der Waals surface area contributed by atoms with Gasteiger partial charge in [-0.15, -0.1) is 0 Å². The van der Waals surface area contributed by atoms with Gasteiger partial charge in [0.1, 0.15) is 5.82 Å². The predicted octanol–water partition coefficient (Wildman–Crippen LogP) is 7.66. The van der Waals surface area contributed by atoms with E-state index in [1.54, 1.807) is 12.1 Å². The number of rotatable bonds is 7. The van der Waals surface area contributed by atoms with Crippen LogP contribution in [0.4, 0.5) is 4.39 Å². The lowest BCUT2D eigenvalue weighted by Gasteiger charge is -2.23. The van der Waals surface area contributed by atoms with Crippen LogP contribution in [-0.4, -0.2) is 27.4 Å². The molecule has 6 nitrogen and oxygen atoms in total. The van der Waals surface area contributed by atoms with Crippen molar-refractivity contribution in [3.8, 4) is 0 Å². The molecule has 0 spiro atoms. The summed E-state index contributed by atoms with van der Waals surface area (Å²) in [5.41, 5.74) is 12.3. The smallest absolute Gasteiger partial charge is 0.162 e. The molecule has 1 aromatic heterocycles. The van der Waals surface area contributed by atoms with Gasteiger partial charge in [0, 0.05) is 12.0 Å². The zero-order valence-electron chi connectivity index (χ0n) is 21.6. The summed E-state index contributed by atoms with van der Waals surface area (Å²) < 4.78 is 21.9. The number of ether oxygens (including phenoxy) is 1. The Bertz CT molecular complexity index is 1570. The third kappa shape index (κ3) is 5.75. The highest BCUT2D eigenvalue weighted by atomic mass is 35.5. The molecule has 1 atom stereocenters. The zero-order chi connectivity index (χ0) is 27.4. The molecule has 3 aromatic carbocycles. The van der Waals surface area contributed by atoms with Gasteiger partial charge < -0.3 is 15.7 Å². The second-order valence-electron chi connectivity index (χ2n) is 9.50. The fourth-order valence-corrected chi connectivity index (χ4v) is 5.36. The number of hydrogen-bond acceptors (Lipinski definition) is 4. The van der Waals surface area contributed by atoms with Gasteiger partial charge in [-0.3, -0.25) is 0 Å². The van der Waals surface area contributed by atoms with E-state index in [9.17, 15) is 4.39 Å². The molecule has 4 aromatic rings. The van der Waals surface area contributed by atoms with Crippen LogP contribution in [-0.2, 0) is 4.74 Å². The maximum Gasteiger partial charge on any atom is 0.162 e. The van der Waals surface area contributed by atoms with Crippen molar-refractivity contribution in [2.24, 2.45) is 10.9 Å². The normalized spacial score (nSPS) is 17.1. The summed E-state index contributed by atoms with van der Waals surface area (Å²) in [6.45, 7) is 2.82. The van der Waals surface area contributed by atoms with Gasteiger partial charge in [0.2, 0.25) is 0 Å². The summed E-state index contributed by atoms with van der Waals surface area (Å²) in [5, 5.41) is 17.8. The Hall–Kier alpha value is -3.94. The maximum atomic E-state index is 13.9. The summed E-state index contributed by atoms with van der Waals surface area (Å²) in [6, 6.07) is 18.8. The number of nitrogens with zero attached hydrogens (tertiary/aromatic N) is 3. The first-order valence-electron chi connectivity index (χ1n) is 13.0. The summed E-state index contributed by atoms with van der Waals surface area (Å²) in [6.07, 6.45) is 8.97. The fourth-order valence-electron chi connectivity index (χ4n) is 5.08. The van der Waals surface area contributed by atoms with Crippen LogP contribution in [0.25, 0.3) is 28.1 Å². The van der Waals surface area contributed by atoms with Crippen LogP contribution < -0.4 is 5.73 Å². The lowest BCUT2D eigenvalue weighted by Crippen LogP contribution is -2.18. The number of oxime groups is 1. The van der Waals surface area contributed by atoms with Crippen LogP contribution in [0, 0.1) is 5.82 Å². The predicted molar refractivity (Wildman–Crippen MR) is 155 cm³/mol. The van der Waals surface area contributed by atoms with Crippen molar-refractivity contribution in [2.45, 2.75) is 38.8 Å². The molecule has 0 aliphatic carbocycles. The second kappa shape index (κ2) is 11.8.